The van der Waals surface area contributed by atoms with Gasteiger partial charge in [0.1, 0.15) is 10.6 Å². The molecule has 3 aromatic heterocycles. The summed E-state index contributed by atoms with van der Waals surface area (Å²) >= 11 is 1.70. The maximum absolute atomic E-state index is 6.16. The Morgan fingerprint density at radius 3 is 2.82 bits per heavy atom. The third kappa shape index (κ3) is 3.01. The van der Waals surface area contributed by atoms with E-state index in [1.54, 1.807) is 17.7 Å². The Kier molecular flexibility index (Phi) is 4.80. The number of nitrogens with one attached hydrogen (secondary N) is 1. The van der Waals surface area contributed by atoms with E-state index < -0.39 is 0 Å². The Morgan fingerprint density at radius 1 is 1.25 bits per heavy atom. The standard InChI is InChI=1S/C21H26N4O2S/c1-3-13(2)27-20-18-17(22-12-23-20)16-14-6-4-5-7-15(14)19(24-21(16)28-18)25-8-10-26-11-9-25/h12-13H,3-11H2,1-2H3/p+1/t13-/m1/s1. The molecule has 0 radical (unpaired) electrons. The lowest BCUT2D eigenvalue weighted by molar-refractivity contribution is -0.398. The van der Waals surface area contributed by atoms with Gasteiger partial charge in [-0.3, -0.25) is 0 Å². The van der Waals surface area contributed by atoms with Crippen molar-refractivity contribution in [2.75, 3.05) is 31.2 Å². The molecule has 1 saturated heterocycles. The number of H-pyrrole nitrogens is 1. The number of aromatic amines is 1. The monoisotopic (exact) mass is 399 g/mol. The number of fused-ring (bicyclic) bond motifs is 5. The highest BCUT2D eigenvalue weighted by Gasteiger charge is 2.28. The zero-order valence-corrected chi connectivity index (χ0v) is 17.4. The summed E-state index contributed by atoms with van der Waals surface area (Å²) in [7, 11) is 0. The first-order chi connectivity index (χ1) is 13.8. The quantitative estimate of drug-likeness (QED) is 0.671. The second kappa shape index (κ2) is 7.44. The molecule has 0 bridgehead atoms. The molecule has 1 atom stereocenters. The maximum Gasteiger partial charge on any atom is 0.304 e. The molecule has 0 amide bonds. The van der Waals surface area contributed by atoms with Crippen molar-refractivity contribution in [3.8, 4) is 5.88 Å². The van der Waals surface area contributed by atoms with E-state index in [9.17, 15) is 0 Å². The smallest absolute Gasteiger partial charge is 0.304 e. The zero-order valence-electron chi connectivity index (χ0n) is 16.6. The molecule has 4 heterocycles. The summed E-state index contributed by atoms with van der Waals surface area (Å²) < 4.78 is 12.8. The maximum atomic E-state index is 6.16. The molecule has 0 saturated carbocycles. The minimum atomic E-state index is 0.165. The molecule has 1 aliphatic carbocycles. The van der Waals surface area contributed by atoms with Gasteiger partial charge in [-0.15, -0.1) is 11.3 Å². The van der Waals surface area contributed by atoms with Gasteiger partial charge >= 0.3 is 5.88 Å². The number of hydrogen-bond acceptors (Lipinski definition) is 6. The zero-order chi connectivity index (χ0) is 19.1. The fraction of sp³-hybridized carbons (Fsp3) is 0.571. The van der Waals surface area contributed by atoms with Crippen molar-refractivity contribution in [1.29, 1.82) is 0 Å². The van der Waals surface area contributed by atoms with E-state index in [4.69, 9.17) is 19.4 Å². The molecule has 1 N–H and O–H groups in total. The van der Waals surface area contributed by atoms with Gasteiger partial charge in [0, 0.05) is 13.1 Å². The first-order valence-electron chi connectivity index (χ1n) is 10.4. The van der Waals surface area contributed by atoms with Crippen LogP contribution in [0, 0.1) is 0 Å². The summed E-state index contributed by atoms with van der Waals surface area (Å²) in [6.07, 6.45) is 7.59. The molecular weight excluding hydrogens is 372 g/mol. The number of hydrogen-bond donors (Lipinski definition) is 0. The lowest BCUT2D eigenvalue weighted by Crippen LogP contribution is -2.37. The van der Waals surface area contributed by atoms with E-state index in [2.05, 4.69) is 23.7 Å². The third-order valence-corrected chi connectivity index (χ3v) is 6.98. The fourth-order valence-corrected chi connectivity index (χ4v) is 5.36. The van der Waals surface area contributed by atoms with Crippen LogP contribution in [0.15, 0.2) is 6.33 Å². The van der Waals surface area contributed by atoms with Crippen LogP contribution in [0.4, 0.5) is 5.82 Å². The number of aromatic nitrogens is 3. The normalized spacial score (nSPS) is 18.4. The van der Waals surface area contributed by atoms with Gasteiger partial charge in [0.2, 0.25) is 5.52 Å². The minimum absolute atomic E-state index is 0.165. The number of aryl methyl sites for hydroxylation is 1. The Bertz CT molecular complexity index is 1010. The van der Waals surface area contributed by atoms with E-state index in [-0.39, 0.29) is 6.10 Å². The van der Waals surface area contributed by atoms with Crippen LogP contribution in [0.3, 0.4) is 0 Å². The summed E-state index contributed by atoms with van der Waals surface area (Å²) in [5.74, 6) is 1.99. The molecule has 1 fully saturated rings. The van der Waals surface area contributed by atoms with Gasteiger partial charge in [0.15, 0.2) is 4.70 Å². The molecule has 148 valence electrons. The van der Waals surface area contributed by atoms with Crippen molar-refractivity contribution in [3.63, 3.8) is 0 Å². The first-order valence-corrected chi connectivity index (χ1v) is 11.2. The summed E-state index contributed by atoms with van der Waals surface area (Å²) in [5.41, 5.74) is 3.92. The molecule has 3 aromatic rings. The summed E-state index contributed by atoms with van der Waals surface area (Å²) in [4.78, 5) is 16.6. The van der Waals surface area contributed by atoms with Crippen molar-refractivity contribution >= 4 is 37.6 Å². The SMILES string of the molecule is CC[C@@H](C)Oc1[nH+]cnc2c1sc1nc(N3CCOCC3)c3c(c12)CCCC3. The molecule has 1 aliphatic heterocycles. The highest BCUT2D eigenvalue weighted by atomic mass is 32.1. The fourth-order valence-electron chi connectivity index (χ4n) is 4.26. The number of anilines is 1. The second-order valence-electron chi connectivity index (χ2n) is 7.73. The van der Waals surface area contributed by atoms with Crippen LogP contribution in [0.1, 0.15) is 44.2 Å². The molecule has 5 rings (SSSR count). The number of thiophene rings is 1. The van der Waals surface area contributed by atoms with Crippen molar-refractivity contribution in [2.45, 2.75) is 52.1 Å². The number of nitrogens with zero attached hydrogens (tertiary/aromatic N) is 3. The third-order valence-electron chi connectivity index (χ3n) is 5.91. The summed E-state index contributed by atoms with van der Waals surface area (Å²) in [6.45, 7) is 7.65. The Morgan fingerprint density at radius 2 is 2.04 bits per heavy atom. The largest absolute Gasteiger partial charge is 0.458 e. The van der Waals surface area contributed by atoms with Crippen LogP contribution >= 0.6 is 11.3 Å². The van der Waals surface area contributed by atoms with Gasteiger partial charge in [-0.25, -0.2) is 9.97 Å². The predicted octanol–water partition coefficient (Wildman–Crippen LogP) is 3.55. The number of morpholine rings is 1. The molecule has 0 spiro atoms. The van der Waals surface area contributed by atoms with E-state index in [1.165, 1.54) is 35.2 Å². The lowest BCUT2D eigenvalue weighted by Gasteiger charge is -2.31. The van der Waals surface area contributed by atoms with Gasteiger partial charge < -0.3 is 14.4 Å². The van der Waals surface area contributed by atoms with Crippen LogP contribution in [0.25, 0.3) is 20.4 Å². The van der Waals surface area contributed by atoms with E-state index >= 15 is 0 Å². The average Bonchev–Trinajstić information content (AvgIpc) is 3.13. The molecule has 0 aromatic carbocycles. The molecule has 7 heteroatoms. The van der Waals surface area contributed by atoms with Gasteiger partial charge in [-0.1, -0.05) is 6.92 Å². The molecular formula is C21H27N4O2S+. The Labute approximate surface area is 168 Å². The van der Waals surface area contributed by atoms with Crippen LogP contribution in [-0.4, -0.2) is 42.4 Å². The Balaban J connectivity index is 1.72. The van der Waals surface area contributed by atoms with Gasteiger partial charge in [0.25, 0.3) is 6.33 Å². The number of ether oxygens (including phenoxy) is 2. The molecule has 0 unspecified atom stereocenters. The average molecular weight is 400 g/mol. The van der Waals surface area contributed by atoms with Crippen LogP contribution in [-0.2, 0) is 17.6 Å². The highest BCUT2D eigenvalue weighted by Crippen LogP contribution is 2.42. The number of rotatable bonds is 4. The molecule has 28 heavy (non-hydrogen) atoms. The van der Waals surface area contributed by atoms with Crippen molar-refractivity contribution in [2.24, 2.45) is 0 Å². The van der Waals surface area contributed by atoms with E-state index in [0.29, 0.717) is 0 Å². The highest BCUT2D eigenvalue weighted by molar-refractivity contribution is 7.25. The lowest BCUT2D eigenvalue weighted by atomic mass is 9.90. The topological polar surface area (TPSA) is 61.6 Å². The second-order valence-corrected chi connectivity index (χ2v) is 8.73. The van der Waals surface area contributed by atoms with Gasteiger partial charge in [-0.05, 0) is 55.1 Å². The van der Waals surface area contributed by atoms with Crippen LogP contribution in [0.5, 0.6) is 5.88 Å². The van der Waals surface area contributed by atoms with Gasteiger partial charge in [0.05, 0.1) is 24.7 Å². The van der Waals surface area contributed by atoms with Crippen LogP contribution < -0.4 is 14.6 Å². The van der Waals surface area contributed by atoms with Crippen molar-refractivity contribution < 1.29 is 14.5 Å². The van der Waals surface area contributed by atoms with Crippen molar-refractivity contribution in [1.82, 2.24) is 9.97 Å². The number of pyridine rings is 1. The Hall–Kier alpha value is -1.99. The first kappa shape index (κ1) is 18.1. The summed E-state index contributed by atoms with van der Waals surface area (Å²) in [5, 5.41) is 1.25. The predicted molar refractivity (Wildman–Crippen MR) is 112 cm³/mol. The van der Waals surface area contributed by atoms with Gasteiger partial charge in [-0.2, -0.15) is 0 Å². The van der Waals surface area contributed by atoms with E-state index in [0.717, 1.165) is 66.5 Å². The molecule has 6 nitrogen and oxygen atoms in total. The summed E-state index contributed by atoms with van der Waals surface area (Å²) in [6, 6.07) is 0. The van der Waals surface area contributed by atoms with Crippen molar-refractivity contribution in [3.05, 3.63) is 17.5 Å². The minimum Gasteiger partial charge on any atom is -0.458 e. The molecule has 2 aliphatic rings. The van der Waals surface area contributed by atoms with Crippen LogP contribution in [0.2, 0.25) is 0 Å². The van der Waals surface area contributed by atoms with E-state index in [1.807, 2.05) is 0 Å².